The van der Waals surface area contributed by atoms with Gasteiger partial charge in [0.25, 0.3) is 5.91 Å². The van der Waals surface area contributed by atoms with Gasteiger partial charge in [-0.3, -0.25) is 4.79 Å². The van der Waals surface area contributed by atoms with Crippen LogP contribution in [-0.4, -0.2) is 17.1 Å². The van der Waals surface area contributed by atoms with E-state index >= 15 is 0 Å². The standard InChI is InChI=1S/C22H17BrN4OS2/c1-14-2-8-17(9-3-14)25-22-26-19(13-29-22)15-4-6-16(7-5-15)21(28)27-24-12-18-10-11-20(23)30-18/h2-13H,1H3,(H,25,26)(H,27,28)/b24-12-. The summed E-state index contributed by atoms with van der Waals surface area (Å²) in [6.07, 6.45) is 1.62. The number of anilines is 2. The third-order valence-electron chi connectivity index (χ3n) is 4.20. The Morgan fingerprint density at radius 3 is 2.53 bits per heavy atom. The number of hydrogen-bond acceptors (Lipinski definition) is 6. The van der Waals surface area contributed by atoms with E-state index in [0.717, 1.165) is 30.7 Å². The van der Waals surface area contributed by atoms with Crippen LogP contribution in [-0.2, 0) is 0 Å². The van der Waals surface area contributed by atoms with Crippen LogP contribution in [0.2, 0.25) is 0 Å². The molecule has 5 nitrogen and oxygen atoms in total. The van der Waals surface area contributed by atoms with Crippen LogP contribution in [0.3, 0.4) is 0 Å². The van der Waals surface area contributed by atoms with Crippen molar-refractivity contribution in [1.29, 1.82) is 0 Å². The summed E-state index contributed by atoms with van der Waals surface area (Å²) in [5.74, 6) is -0.256. The summed E-state index contributed by atoms with van der Waals surface area (Å²) in [5, 5.41) is 10.1. The molecule has 0 bridgehead atoms. The van der Waals surface area contributed by atoms with Gasteiger partial charge in [-0.05, 0) is 59.3 Å². The first-order valence-corrected chi connectivity index (χ1v) is 11.5. The molecule has 4 rings (SSSR count). The zero-order chi connectivity index (χ0) is 20.9. The van der Waals surface area contributed by atoms with Gasteiger partial charge in [0, 0.05) is 27.1 Å². The van der Waals surface area contributed by atoms with Crippen LogP contribution in [0.5, 0.6) is 0 Å². The number of aromatic nitrogens is 1. The maximum atomic E-state index is 12.3. The van der Waals surface area contributed by atoms with E-state index in [1.54, 1.807) is 41.0 Å². The molecule has 2 aromatic carbocycles. The first-order chi connectivity index (χ1) is 14.6. The number of hydrazone groups is 1. The molecule has 0 saturated heterocycles. The molecule has 2 heterocycles. The van der Waals surface area contributed by atoms with E-state index in [9.17, 15) is 4.79 Å². The van der Waals surface area contributed by atoms with Gasteiger partial charge in [-0.15, -0.1) is 22.7 Å². The van der Waals surface area contributed by atoms with Crippen molar-refractivity contribution in [3.63, 3.8) is 0 Å². The number of thiophene rings is 1. The first kappa shape index (κ1) is 20.5. The van der Waals surface area contributed by atoms with Crippen LogP contribution in [0.1, 0.15) is 20.8 Å². The van der Waals surface area contributed by atoms with Crippen LogP contribution >= 0.6 is 38.6 Å². The Bertz CT molecular complexity index is 1180. The minimum Gasteiger partial charge on any atom is -0.332 e. The van der Waals surface area contributed by atoms with E-state index in [2.05, 4.69) is 55.8 Å². The molecule has 2 aromatic heterocycles. The van der Waals surface area contributed by atoms with Crippen LogP contribution < -0.4 is 10.7 Å². The van der Waals surface area contributed by atoms with Crippen molar-refractivity contribution in [3.8, 4) is 11.3 Å². The van der Waals surface area contributed by atoms with Crippen molar-refractivity contribution in [2.24, 2.45) is 5.10 Å². The van der Waals surface area contributed by atoms with E-state index < -0.39 is 0 Å². The number of rotatable bonds is 6. The number of halogens is 1. The zero-order valence-electron chi connectivity index (χ0n) is 15.9. The Kier molecular flexibility index (Phi) is 6.37. The highest BCUT2D eigenvalue weighted by Gasteiger charge is 2.08. The minimum atomic E-state index is -0.256. The number of carbonyl (C=O) groups excluding carboxylic acids is 1. The Morgan fingerprint density at radius 2 is 1.83 bits per heavy atom. The number of carbonyl (C=O) groups is 1. The van der Waals surface area contributed by atoms with Gasteiger partial charge in [0.1, 0.15) is 0 Å². The number of nitrogens with one attached hydrogen (secondary N) is 2. The van der Waals surface area contributed by atoms with Gasteiger partial charge in [-0.25, -0.2) is 10.4 Å². The third kappa shape index (κ3) is 5.21. The minimum absolute atomic E-state index is 0.256. The highest BCUT2D eigenvalue weighted by Crippen LogP contribution is 2.27. The SMILES string of the molecule is Cc1ccc(Nc2nc(-c3ccc(C(=O)N/N=C\c4ccc(Br)s4)cc3)cs2)cc1. The number of benzene rings is 2. The number of hydrogen-bond donors (Lipinski definition) is 2. The molecule has 0 fully saturated rings. The molecule has 8 heteroatoms. The normalized spacial score (nSPS) is 11.0. The lowest BCUT2D eigenvalue weighted by Crippen LogP contribution is -2.17. The lowest BCUT2D eigenvalue weighted by molar-refractivity contribution is 0.0955. The van der Waals surface area contributed by atoms with Crippen molar-refractivity contribution >= 4 is 61.5 Å². The van der Waals surface area contributed by atoms with E-state index in [1.165, 1.54) is 5.56 Å². The van der Waals surface area contributed by atoms with Crippen LogP contribution in [0.4, 0.5) is 10.8 Å². The summed E-state index contributed by atoms with van der Waals surface area (Å²) < 4.78 is 1.02. The largest absolute Gasteiger partial charge is 0.332 e. The summed E-state index contributed by atoms with van der Waals surface area (Å²) in [4.78, 5) is 17.9. The molecule has 0 aliphatic carbocycles. The molecule has 2 N–H and O–H groups in total. The van der Waals surface area contributed by atoms with Gasteiger partial charge in [0.2, 0.25) is 0 Å². The summed E-state index contributed by atoms with van der Waals surface area (Å²) in [6, 6.07) is 19.4. The fourth-order valence-electron chi connectivity index (χ4n) is 2.63. The summed E-state index contributed by atoms with van der Waals surface area (Å²) >= 11 is 6.48. The first-order valence-electron chi connectivity index (χ1n) is 9.05. The van der Waals surface area contributed by atoms with E-state index in [-0.39, 0.29) is 5.91 Å². The highest BCUT2D eigenvalue weighted by molar-refractivity contribution is 9.11. The van der Waals surface area contributed by atoms with Gasteiger partial charge < -0.3 is 5.32 Å². The fourth-order valence-corrected chi connectivity index (χ4v) is 4.67. The van der Waals surface area contributed by atoms with Crippen molar-refractivity contribution in [2.45, 2.75) is 6.92 Å². The molecule has 4 aromatic rings. The molecule has 30 heavy (non-hydrogen) atoms. The maximum Gasteiger partial charge on any atom is 0.271 e. The predicted octanol–water partition coefficient (Wildman–Crippen LogP) is 6.45. The Morgan fingerprint density at radius 1 is 1.07 bits per heavy atom. The molecule has 0 aliphatic rings. The Labute approximate surface area is 190 Å². The van der Waals surface area contributed by atoms with Crippen molar-refractivity contribution in [2.75, 3.05) is 5.32 Å². The summed E-state index contributed by atoms with van der Waals surface area (Å²) in [7, 11) is 0. The molecule has 0 saturated carbocycles. The molecule has 0 atom stereocenters. The smallest absolute Gasteiger partial charge is 0.271 e. The number of aryl methyl sites for hydroxylation is 1. The Balaban J connectivity index is 1.38. The van der Waals surface area contributed by atoms with Crippen LogP contribution in [0, 0.1) is 6.92 Å². The number of amides is 1. The van der Waals surface area contributed by atoms with Gasteiger partial charge in [-0.2, -0.15) is 5.10 Å². The summed E-state index contributed by atoms with van der Waals surface area (Å²) in [6.45, 7) is 2.06. The quantitative estimate of drug-likeness (QED) is 0.238. The molecule has 150 valence electrons. The molecule has 0 aliphatic heterocycles. The zero-order valence-corrected chi connectivity index (χ0v) is 19.1. The van der Waals surface area contributed by atoms with Gasteiger partial charge in [0.05, 0.1) is 15.7 Å². The Hall–Kier alpha value is -2.81. The second-order valence-corrected chi connectivity index (χ2v) is 9.80. The molecule has 0 spiro atoms. The third-order valence-corrected chi connectivity index (χ3v) is 6.52. The lowest BCUT2D eigenvalue weighted by Gasteiger charge is -2.03. The maximum absolute atomic E-state index is 12.3. The lowest BCUT2D eigenvalue weighted by atomic mass is 10.1. The average molecular weight is 497 g/mol. The highest BCUT2D eigenvalue weighted by atomic mass is 79.9. The topological polar surface area (TPSA) is 66.4 Å². The van der Waals surface area contributed by atoms with Gasteiger partial charge in [0.15, 0.2) is 5.13 Å². The molecule has 1 amide bonds. The number of thiazole rings is 1. The predicted molar refractivity (Wildman–Crippen MR) is 129 cm³/mol. The molecular formula is C22H17BrN4OS2. The van der Waals surface area contributed by atoms with Crippen molar-refractivity contribution in [1.82, 2.24) is 10.4 Å². The van der Waals surface area contributed by atoms with E-state index in [0.29, 0.717) is 5.56 Å². The number of nitrogens with zero attached hydrogens (tertiary/aromatic N) is 2. The fraction of sp³-hybridized carbons (Fsp3) is 0.0455. The van der Waals surface area contributed by atoms with Crippen molar-refractivity contribution in [3.05, 3.63) is 85.8 Å². The molecule has 0 unspecified atom stereocenters. The second-order valence-electron chi connectivity index (χ2n) is 6.45. The molecular weight excluding hydrogens is 480 g/mol. The summed E-state index contributed by atoms with van der Waals surface area (Å²) in [5.41, 5.74) is 7.12. The van der Waals surface area contributed by atoms with Crippen LogP contribution in [0.25, 0.3) is 11.3 Å². The van der Waals surface area contributed by atoms with E-state index in [4.69, 9.17) is 0 Å². The molecule has 0 radical (unpaired) electrons. The average Bonchev–Trinajstić information content (AvgIpc) is 3.39. The van der Waals surface area contributed by atoms with Gasteiger partial charge in [-0.1, -0.05) is 29.8 Å². The van der Waals surface area contributed by atoms with Gasteiger partial charge >= 0.3 is 0 Å². The second kappa shape index (κ2) is 9.34. The van der Waals surface area contributed by atoms with Crippen LogP contribution in [0.15, 0.2) is 74.9 Å². The monoisotopic (exact) mass is 496 g/mol. The van der Waals surface area contributed by atoms with Crippen molar-refractivity contribution < 1.29 is 4.79 Å². The van der Waals surface area contributed by atoms with E-state index in [1.807, 2.05) is 41.8 Å².